The summed E-state index contributed by atoms with van der Waals surface area (Å²) in [5.41, 5.74) is 1.43. The number of nitrogens with one attached hydrogen (secondary N) is 1. The zero-order valence-electron chi connectivity index (χ0n) is 14.8. The van der Waals surface area contributed by atoms with Crippen LogP contribution in [0.4, 0.5) is 4.39 Å². The Balaban J connectivity index is 1.79. The molecule has 2 aliphatic heterocycles. The first kappa shape index (κ1) is 18.5. The Morgan fingerprint density at radius 3 is 2.44 bits per heavy atom. The topological polar surface area (TPSA) is 49.4 Å². The van der Waals surface area contributed by atoms with Gasteiger partial charge in [0.25, 0.3) is 0 Å². The van der Waals surface area contributed by atoms with E-state index in [2.05, 4.69) is 33.3 Å². The van der Waals surface area contributed by atoms with Crippen LogP contribution in [0.25, 0.3) is 0 Å². The number of nitrogens with zero attached hydrogens (tertiary/aromatic N) is 1. The summed E-state index contributed by atoms with van der Waals surface area (Å²) in [6.45, 7) is 6.36. The summed E-state index contributed by atoms with van der Waals surface area (Å²) in [5.74, 6) is -1.02. The molecule has 2 saturated heterocycles. The zero-order valence-corrected chi connectivity index (χ0v) is 16.0. The summed E-state index contributed by atoms with van der Waals surface area (Å²) in [7, 11) is 2.64. The minimum Gasteiger partial charge on any atom is -0.301 e. The third-order valence-electron chi connectivity index (χ3n) is 5.49. The molecule has 1 N–H and O–H groups in total. The first-order valence-electron chi connectivity index (χ1n) is 9.03. The van der Waals surface area contributed by atoms with Gasteiger partial charge in [-0.1, -0.05) is 6.07 Å². The second kappa shape index (κ2) is 7.51. The van der Waals surface area contributed by atoms with Crippen molar-refractivity contribution in [3.05, 3.63) is 29.1 Å². The van der Waals surface area contributed by atoms with Crippen LogP contribution in [0, 0.1) is 5.82 Å². The molecule has 0 aliphatic carbocycles. The Labute approximate surface area is 150 Å². The van der Waals surface area contributed by atoms with Crippen LogP contribution in [0.3, 0.4) is 0 Å². The van der Waals surface area contributed by atoms with Gasteiger partial charge in [-0.2, -0.15) is 0 Å². The number of hydrogen-bond acceptors (Lipinski definition) is 3. The summed E-state index contributed by atoms with van der Waals surface area (Å²) in [5, 5.41) is 3.18. The molecular formula is C19H26FN2O2P. The third kappa shape index (κ3) is 3.93. The molecule has 4 nitrogen and oxygen atoms in total. The smallest absolute Gasteiger partial charge is 0.234 e. The molecule has 2 unspecified atom stereocenters. The van der Waals surface area contributed by atoms with Crippen molar-refractivity contribution >= 4 is 26.4 Å². The van der Waals surface area contributed by atoms with Gasteiger partial charge in [0.05, 0.1) is 5.92 Å². The van der Waals surface area contributed by atoms with Gasteiger partial charge in [0.2, 0.25) is 11.8 Å². The molecule has 2 heterocycles. The number of amides is 2. The van der Waals surface area contributed by atoms with E-state index >= 15 is 0 Å². The summed E-state index contributed by atoms with van der Waals surface area (Å²) < 4.78 is 14.9. The molecule has 1 aromatic carbocycles. The normalized spacial score (nSPS) is 23.2. The first-order valence-corrected chi connectivity index (χ1v) is 9.61. The Kier molecular flexibility index (Phi) is 5.55. The lowest BCUT2D eigenvalue weighted by atomic mass is 9.85. The lowest BCUT2D eigenvalue weighted by Crippen LogP contribution is -2.40. The molecule has 0 spiro atoms. The number of halogens is 1. The van der Waals surface area contributed by atoms with E-state index in [9.17, 15) is 14.0 Å². The van der Waals surface area contributed by atoms with Gasteiger partial charge in [-0.05, 0) is 74.6 Å². The fourth-order valence-electron chi connectivity index (χ4n) is 4.01. The maximum Gasteiger partial charge on any atom is 0.234 e. The molecule has 1 aromatic rings. The lowest BCUT2D eigenvalue weighted by molar-refractivity contribution is -0.134. The van der Waals surface area contributed by atoms with Crippen LogP contribution in [0.5, 0.6) is 0 Å². The van der Waals surface area contributed by atoms with Crippen molar-refractivity contribution in [3.8, 4) is 0 Å². The monoisotopic (exact) mass is 364 g/mol. The SMILES string of the molecule is CC(C)N1CCC(c2c(F)cc(C3CCC(=O)NC3=O)cc2P)CC1. The second-order valence-electron chi connectivity index (χ2n) is 7.41. The van der Waals surface area contributed by atoms with Crippen molar-refractivity contribution in [2.45, 2.75) is 57.4 Å². The fraction of sp³-hybridized carbons (Fsp3) is 0.579. The molecule has 25 heavy (non-hydrogen) atoms. The van der Waals surface area contributed by atoms with E-state index in [1.807, 2.05) is 6.07 Å². The van der Waals surface area contributed by atoms with Crippen molar-refractivity contribution in [1.82, 2.24) is 10.2 Å². The average Bonchev–Trinajstić information content (AvgIpc) is 2.54. The number of likely N-dealkylation sites (tertiary alicyclic amines) is 1. The van der Waals surface area contributed by atoms with E-state index in [1.165, 1.54) is 6.07 Å². The van der Waals surface area contributed by atoms with Crippen molar-refractivity contribution in [2.75, 3.05) is 13.1 Å². The molecule has 3 rings (SSSR count). The van der Waals surface area contributed by atoms with Gasteiger partial charge in [-0.25, -0.2) is 4.39 Å². The summed E-state index contributed by atoms with van der Waals surface area (Å²) in [6.07, 6.45) is 2.66. The molecule has 2 amide bonds. The molecule has 6 heteroatoms. The number of piperidine rings is 2. The van der Waals surface area contributed by atoms with Crippen LogP contribution >= 0.6 is 9.24 Å². The highest BCUT2D eigenvalue weighted by molar-refractivity contribution is 7.27. The quantitative estimate of drug-likeness (QED) is 0.662. The maximum absolute atomic E-state index is 14.9. The molecule has 0 aromatic heterocycles. The van der Waals surface area contributed by atoms with Crippen LogP contribution in [-0.4, -0.2) is 35.8 Å². The predicted octanol–water partition coefficient (Wildman–Crippen LogP) is 2.43. The summed E-state index contributed by atoms with van der Waals surface area (Å²) >= 11 is 0. The highest BCUT2D eigenvalue weighted by Gasteiger charge is 2.30. The third-order valence-corrected chi connectivity index (χ3v) is 5.97. The minimum atomic E-state index is -0.441. The minimum absolute atomic E-state index is 0.221. The summed E-state index contributed by atoms with van der Waals surface area (Å²) in [6, 6.07) is 3.92. The van der Waals surface area contributed by atoms with Crippen molar-refractivity contribution in [3.63, 3.8) is 0 Å². The molecule has 2 aliphatic rings. The van der Waals surface area contributed by atoms with Crippen LogP contribution < -0.4 is 10.6 Å². The van der Waals surface area contributed by atoms with Gasteiger partial charge < -0.3 is 4.90 Å². The molecular weight excluding hydrogens is 338 g/mol. The fourth-order valence-corrected chi connectivity index (χ4v) is 4.57. The predicted molar refractivity (Wildman–Crippen MR) is 99.6 cm³/mol. The van der Waals surface area contributed by atoms with Crippen LogP contribution in [0.2, 0.25) is 0 Å². The Morgan fingerprint density at radius 1 is 1.20 bits per heavy atom. The van der Waals surface area contributed by atoms with Crippen LogP contribution in [-0.2, 0) is 9.59 Å². The molecule has 0 saturated carbocycles. The standard InChI is InChI=1S/C19H26FN2O2P/c1-11(2)22-7-5-12(6-8-22)18-15(20)9-13(10-16(18)25)14-3-4-17(23)21-19(14)24/h9-12,14H,3-8,25H2,1-2H3,(H,21,23,24). The Morgan fingerprint density at radius 2 is 1.88 bits per heavy atom. The molecule has 0 radical (unpaired) electrons. The van der Waals surface area contributed by atoms with E-state index in [4.69, 9.17) is 0 Å². The molecule has 0 bridgehead atoms. The van der Waals surface area contributed by atoms with Gasteiger partial charge in [-0.15, -0.1) is 9.24 Å². The number of carbonyl (C=O) groups excluding carboxylic acids is 2. The number of carbonyl (C=O) groups is 2. The first-order chi connectivity index (χ1) is 11.9. The van der Waals surface area contributed by atoms with Gasteiger partial charge in [-0.3, -0.25) is 14.9 Å². The van der Waals surface area contributed by atoms with E-state index in [-0.39, 0.29) is 23.5 Å². The van der Waals surface area contributed by atoms with Crippen molar-refractivity contribution < 1.29 is 14.0 Å². The summed E-state index contributed by atoms with van der Waals surface area (Å²) in [4.78, 5) is 25.8. The molecule has 136 valence electrons. The highest BCUT2D eigenvalue weighted by atomic mass is 31.0. The van der Waals surface area contributed by atoms with E-state index < -0.39 is 5.92 Å². The van der Waals surface area contributed by atoms with Crippen LogP contribution in [0.15, 0.2) is 12.1 Å². The van der Waals surface area contributed by atoms with Gasteiger partial charge in [0.15, 0.2) is 0 Å². The number of imide groups is 1. The second-order valence-corrected chi connectivity index (χ2v) is 8.04. The lowest BCUT2D eigenvalue weighted by Gasteiger charge is -2.35. The van der Waals surface area contributed by atoms with Crippen LogP contribution in [0.1, 0.15) is 62.5 Å². The number of benzene rings is 1. The zero-order chi connectivity index (χ0) is 18.1. The Hall–Kier alpha value is -1.32. The van der Waals surface area contributed by atoms with Gasteiger partial charge in [0, 0.05) is 12.5 Å². The number of rotatable bonds is 3. The maximum atomic E-state index is 14.9. The number of hydrogen-bond donors (Lipinski definition) is 1. The molecule has 2 atom stereocenters. The van der Waals surface area contributed by atoms with Crippen molar-refractivity contribution in [2.24, 2.45) is 0 Å². The van der Waals surface area contributed by atoms with Gasteiger partial charge >= 0.3 is 0 Å². The average molecular weight is 364 g/mol. The molecule has 2 fully saturated rings. The Bertz CT molecular complexity index is 661. The van der Waals surface area contributed by atoms with Gasteiger partial charge in [0.1, 0.15) is 5.82 Å². The largest absolute Gasteiger partial charge is 0.301 e. The van der Waals surface area contributed by atoms with E-state index in [0.29, 0.717) is 24.4 Å². The van der Waals surface area contributed by atoms with Crippen molar-refractivity contribution in [1.29, 1.82) is 0 Å². The van der Waals surface area contributed by atoms with E-state index in [1.54, 1.807) is 0 Å². The highest BCUT2D eigenvalue weighted by Crippen LogP contribution is 2.33. The van der Waals surface area contributed by atoms with E-state index in [0.717, 1.165) is 36.8 Å².